The van der Waals surface area contributed by atoms with Crippen molar-refractivity contribution in [1.29, 1.82) is 0 Å². The van der Waals surface area contributed by atoms with Crippen molar-refractivity contribution in [2.24, 2.45) is 0 Å². The normalized spacial score (nSPS) is 24.1. The maximum Gasteiger partial charge on any atom is 0.296 e. The van der Waals surface area contributed by atoms with Crippen molar-refractivity contribution in [1.82, 2.24) is 9.80 Å². The number of aliphatic hydroxyl groups excluding tert-OH is 1. The van der Waals surface area contributed by atoms with Gasteiger partial charge in [-0.15, -0.1) is 0 Å². The zero-order valence-electron chi connectivity index (χ0n) is 21.1. The van der Waals surface area contributed by atoms with Crippen LogP contribution in [0.25, 0.3) is 5.76 Å². The molecule has 2 amide bonds. The number of para-hydroxylation sites is 1. The quantitative estimate of drug-likeness (QED) is 0.381. The molecule has 3 aliphatic rings. The lowest BCUT2D eigenvalue weighted by Gasteiger charge is -2.34. The van der Waals surface area contributed by atoms with Gasteiger partial charge in [0.15, 0.2) is 5.54 Å². The summed E-state index contributed by atoms with van der Waals surface area (Å²) in [5.41, 5.74) is 0.608. The number of anilines is 1. The van der Waals surface area contributed by atoms with E-state index < -0.39 is 23.1 Å². The molecule has 1 saturated heterocycles. The van der Waals surface area contributed by atoms with E-state index in [2.05, 4.69) is 0 Å². The average Bonchev–Trinajstić information content (AvgIpc) is 3.42. The van der Waals surface area contributed by atoms with Crippen LogP contribution in [0.3, 0.4) is 0 Å². The highest BCUT2D eigenvalue weighted by molar-refractivity contribution is 6.50. The number of nitrogens with zero attached hydrogens (tertiary/aromatic N) is 3. The molecule has 2 aromatic carbocycles. The predicted molar refractivity (Wildman–Crippen MR) is 136 cm³/mol. The van der Waals surface area contributed by atoms with Gasteiger partial charge in [-0.1, -0.05) is 18.2 Å². The summed E-state index contributed by atoms with van der Waals surface area (Å²) < 4.78 is 5.78. The van der Waals surface area contributed by atoms with Crippen LogP contribution in [0, 0.1) is 0 Å². The van der Waals surface area contributed by atoms with Crippen LogP contribution in [0.2, 0.25) is 0 Å². The highest BCUT2D eigenvalue weighted by Crippen LogP contribution is 2.53. The number of hydrogen-bond donors (Lipinski definition) is 1. The van der Waals surface area contributed by atoms with Crippen LogP contribution >= 0.6 is 0 Å². The number of benzene rings is 2. The van der Waals surface area contributed by atoms with Gasteiger partial charge in [-0.2, -0.15) is 0 Å². The number of Topliss-reactive ketones (excluding diaryl/α,β-unsaturated/α-hetero) is 1. The number of amides is 2. The molecule has 0 saturated carbocycles. The van der Waals surface area contributed by atoms with E-state index in [-0.39, 0.29) is 24.0 Å². The van der Waals surface area contributed by atoms with Crippen molar-refractivity contribution < 1.29 is 24.2 Å². The molecule has 5 rings (SSSR count). The number of likely N-dealkylation sites (tertiary alicyclic amines) is 1. The Balaban J connectivity index is 1.74. The number of fused-ring (bicyclic) bond motifs is 3. The van der Waals surface area contributed by atoms with Gasteiger partial charge in [0.25, 0.3) is 17.6 Å². The molecule has 36 heavy (non-hydrogen) atoms. The van der Waals surface area contributed by atoms with Crippen LogP contribution in [0.1, 0.15) is 37.0 Å². The first-order chi connectivity index (χ1) is 17.2. The van der Waals surface area contributed by atoms with Crippen molar-refractivity contribution in [2.75, 3.05) is 38.6 Å². The van der Waals surface area contributed by atoms with E-state index >= 15 is 0 Å². The fourth-order valence-corrected chi connectivity index (χ4v) is 5.74. The van der Waals surface area contributed by atoms with Gasteiger partial charge in [0, 0.05) is 30.6 Å². The molecule has 1 fully saturated rings. The fraction of sp³-hybridized carbons (Fsp3) is 0.393. The fourth-order valence-electron chi connectivity index (χ4n) is 5.74. The Morgan fingerprint density at radius 1 is 1.17 bits per heavy atom. The first-order valence-electron chi connectivity index (χ1n) is 12.4. The lowest BCUT2D eigenvalue weighted by atomic mass is 9.81. The molecular weight excluding hydrogens is 458 g/mol. The standard InChI is InChI=1S/C28H31N3O5/c1-5-30-21-10-7-6-9-20(21)28(27(30)35)23(25(33)26(34)31(28)14-8-13-29(3)4)24(32)18-11-12-22-19(16-18)15-17(2)36-22/h6-7,9-12,16-17,32H,5,8,13-15H2,1-4H3. The van der Waals surface area contributed by atoms with Gasteiger partial charge in [-0.05, 0) is 70.7 Å². The number of carbonyl (C=O) groups is 3. The smallest absolute Gasteiger partial charge is 0.296 e. The summed E-state index contributed by atoms with van der Waals surface area (Å²) in [5, 5.41) is 11.6. The summed E-state index contributed by atoms with van der Waals surface area (Å²) in [7, 11) is 3.86. The minimum absolute atomic E-state index is 0.0136. The molecule has 3 heterocycles. The van der Waals surface area contributed by atoms with Gasteiger partial charge < -0.3 is 24.5 Å². The second kappa shape index (κ2) is 8.78. The third-order valence-electron chi connectivity index (χ3n) is 7.28. The highest BCUT2D eigenvalue weighted by Gasteiger charge is 2.66. The van der Waals surface area contributed by atoms with Crippen molar-refractivity contribution in [3.63, 3.8) is 0 Å². The lowest BCUT2D eigenvalue weighted by molar-refractivity contribution is -0.143. The second-order valence-electron chi connectivity index (χ2n) is 9.90. The third-order valence-corrected chi connectivity index (χ3v) is 7.28. The van der Waals surface area contributed by atoms with E-state index in [0.717, 1.165) is 11.3 Å². The van der Waals surface area contributed by atoms with Gasteiger partial charge in [0.1, 0.15) is 17.6 Å². The van der Waals surface area contributed by atoms with E-state index in [1.54, 1.807) is 35.2 Å². The summed E-state index contributed by atoms with van der Waals surface area (Å²) in [5.74, 6) is -1.61. The van der Waals surface area contributed by atoms with E-state index in [1.807, 2.05) is 45.0 Å². The zero-order valence-corrected chi connectivity index (χ0v) is 21.1. The van der Waals surface area contributed by atoms with E-state index in [4.69, 9.17) is 4.74 Å². The number of hydrogen-bond acceptors (Lipinski definition) is 6. The monoisotopic (exact) mass is 489 g/mol. The number of carbonyl (C=O) groups excluding carboxylic acids is 3. The van der Waals surface area contributed by atoms with Gasteiger partial charge in [0.05, 0.1) is 11.3 Å². The van der Waals surface area contributed by atoms with Gasteiger partial charge in [-0.3, -0.25) is 14.4 Å². The van der Waals surface area contributed by atoms with Crippen LogP contribution < -0.4 is 9.64 Å². The predicted octanol–water partition coefficient (Wildman–Crippen LogP) is 2.90. The molecule has 1 N–H and O–H groups in total. The van der Waals surface area contributed by atoms with Gasteiger partial charge in [0.2, 0.25) is 0 Å². The van der Waals surface area contributed by atoms with Crippen LogP contribution in [0.5, 0.6) is 5.75 Å². The summed E-state index contributed by atoms with van der Waals surface area (Å²) in [6.07, 6.45) is 1.25. The average molecular weight is 490 g/mol. The lowest BCUT2D eigenvalue weighted by Crippen LogP contribution is -2.52. The largest absolute Gasteiger partial charge is 0.507 e. The summed E-state index contributed by atoms with van der Waals surface area (Å²) in [6, 6.07) is 12.4. The minimum Gasteiger partial charge on any atom is -0.507 e. The Kier molecular flexibility index (Phi) is 5.87. The molecular formula is C28H31N3O5. The van der Waals surface area contributed by atoms with Crippen LogP contribution in [0.15, 0.2) is 48.0 Å². The first-order valence-corrected chi connectivity index (χ1v) is 12.4. The number of aliphatic hydroxyl groups is 1. The molecule has 8 nitrogen and oxygen atoms in total. The molecule has 1 spiro atoms. The molecule has 0 aromatic heterocycles. The van der Waals surface area contributed by atoms with Crippen LogP contribution in [-0.4, -0.2) is 72.3 Å². The van der Waals surface area contributed by atoms with Gasteiger partial charge in [-0.25, -0.2) is 0 Å². The molecule has 2 aromatic rings. The molecule has 3 aliphatic heterocycles. The summed E-state index contributed by atoms with van der Waals surface area (Å²) >= 11 is 0. The topological polar surface area (TPSA) is 90.4 Å². The van der Waals surface area contributed by atoms with Crippen molar-refractivity contribution in [2.45, 2.75) is 38.3 Å². The Hall–Kier alpha value is -3.65. The Morgan fingerprint density at radius 3 is 2.64 bits per heavy atom. The SMILES string of the molecule is CCN1C(=O)C2(C(=C(O)c3ccc4c(c3)CC(C)O4)C(=O)C(=O)N2CCCN(C)C)c2ccccc21. The van der Waals surface area contributed by atoms with Crippen molar-refractivity contribution in [3.8, 4) is 5.75 Å². The Morgan fingerprint density at radius 2 is 1.92 bits per heavy atom. The molecule has 0 bridgehead atoms. The van der Waals surface area contributed by atoms with Crippen LogP contribution in [0.4, 0.5) is 5.69 Å². The van der Waals surface area contributed by atoms with Crippen LogP contribution in [-0.2, 0) is 26.3 Å². The molecule has 2 unspecified atom stereocenters. The maximum atomic E-state index is 14.2. The first kappa shape index (κ1) is 24.1. The maximum absolute atomic E-state index is 14.2. The van der Waals surface area contributed by atoms with Crippen molar-refractivity contribution in [3.05, 3.63) is 64.7 Å². The molecule has 2 atom stereocenters. The third kappa shape index (κ3) is 3.35. The Bertz CT molecular complexity index is 1300. The second-order valence-corrected chi connectivity index (χ2v) is 9.90. The number of likely N-dealkylation sites (N-methyl/N-ethyl adjacent to an activating group) is 1. The van der Waals surface area contributed by atoms with E-state index in [1.165, 1.54) is 4.90 Å². The Labute approximate surface area is 210 Å². The molecule has 0 aliphatic carbocycles. The number of rotatable bonds is 6. The van der Waals surface area contributed by atoms with E-state index in [9.17, 15) is 19.5 Å². The number of ketones is 1. The molecule has 0 radical (unpaired) electrons. The number of ether oxygens (including phenoxy) is 1. The zero-order chi connectivity index (χ0) is 25.8. The summed E-state index contributed by atoms with van der Waals surface area (Å²) in [6.45, 7) is 5.06. The minimum atomic E-state index is -1.71. The van der Waals surface area contributed by atoms with Crippen molar-refractivity contribution >= 4 is 29.0 Å². The molecule has 8 heteroatoms. The van der Waals surface area contributed by atoms with Gasteiger partial charge >= 0.3 is 0 Å². The highest BCUT2D eigenvalue weighted by atomic mass is 16.5. The summed E-state index contributed by atoms with van der Waals surface area (Å²) in [4.78, 5) is 46.3. The molecule has 188 valence electrons. The van der Waals surface area contributed by atoms with E-state index in [0.29, 0.717) is 42.7 Å².